The average molecular weight is 455 g/mol. The second kappa shape index (κ2) is 9.87. The lowest BCUT2D eigenvalue weighted by molar-refractivity contribution is -0.126. The third-order valence-corrected chi connectivity index (χ3v) is 6.27. The van der Waals surface area contributed by atoms with Gasteiger partial charge in [0.15, 0.2) is 0 Å². The van der Waals surface area contributed by atoms with Crippen LogP contribution in [-0.2, 0) is 11.3 Å². The molecule has 34 heavy (non-hydrogen) atoms. The Kier molecular flexibility index (Phi) is 6.72. The maximum atomic E-state index is 12.9. The summed E-state index contributed by atoms with van der Waals surface area (Å²) < 4.78 is 3.70. The van der Waals surface area contributed by atoms with Gasteiger partial charge in [0, 0.05) is 24.4 Å². The van der Waals surface area contributed by atoms with Gasteiger partial charge in [-0.1, -0.05) is 42.0 Å². The molecule has 2 aromatic carbocycles. The average Bonchev–Trinajstić information content (AvgIpc) is 3.47. The van der Waals surface area contributed by atoms with E-state index in [1.54, 1.807) is 22.0 Å². The van der Waals surface area contributed by atoms with Crippen LogP contribution in [-0.4, -0.2) is 42.4 Å². The highest BCUT2D eigenvalue weighted by atomic mass is 16.2. The Morgan fingerprint density at radius 2 is 1.76 bits per heavy atom. The van der Waals surface area contributed by atoms with Crippen molar-refractivity contribution >= 4 is 12.0 Å². The second-order valence-corrected chi connectivity index (χ2v) is 8.62. The largest absolute Gasteiger partial charge is 0.335 e. The van der Waals surface area contributed by atoms with E-state index in [2.05, 4.69) is 41.3 Å². The van der Waals surface area contributed by atoms with Gasteiger partial charge in [0.25, 0.3) is 0 Å². The maximum Gasteiger partial charge on any atom is 0.246 e. The van der Waals surface area contributed by atoms with Crippen LogP contribution >= 0.6 is 0 Å². The molecule has 0 N–H and O–H groups in total. The Bertz CT molecular complexity index is 1280. The Morgan fingerprint density at radius 1 is 1.06 bits per heavy atom. The van der Waals surface area contributed by atoms with Crippen LogP contribution in [0.2, 0.25) is 0 Å². The Morgan fingerprint density at radius 3 is 2.41 bits per heavy atom. The van der Waals surface area contributed by atoms with Crippen molar-refractivity contribution in [2.45, 2.75) is 40.3 Å². The number of hydrogen-bond acceptors (Lipinski definition) is 4. The molecular formula is C27H30N6O. The molecule has 2 heterocycles. The molecule has 0 saturated carbocycles. The predicted octanol–water partition coefficient (Wildman–Crippen LogP) is 4.67. The van der Waals surface area contributed by atoms with Gasteiger partial charge in [-0.15, -0.1) is 0 Å². The maximum absolute atomic E-state index is 12.9. The number of likely N-dealkylation sites (N-methyl/N-ethyl adjacent to an activating group) is 1. The summed E-state index contributed by atoms with van der Waals surface area (Å²) in [6.07, 6.45) is 6.67. The molecule has 0 aliphatic heterocycles. The van der Waals surface area contributed by atoms with Crippen molar-refractivity contribution in [3.05, 3.63) is 101 Å². The van der Waals surface area contributed by atoms with Crippen molar-refractivity contribution < 1.29 is 4.79 Å². The minimum atomic E-state index is -0.0756. The molecule has 1 atom stereocenters. The topological polar surface area (TPSA) is 68.8 Å². The first-order chi connectivity index (χ1) is 16.3. The summed E-state index contributed by atoms with van der Waals surface area (Å²) in [5, 5.41) is 8.84. The molecule has 0 saturated heterocycles. The van der Waals surface area contributed by atoms with Crippen LogP contribution in [0.3, 0.4) is 0 Å². The fourth-order valence-corrected chi connectivity index (χ4v) is 3.91. The number of amides is 1. The summed E-state index contributed by atoms with van der Waals surface area (Å²) in [4.78, 5) is 18.6. The van der Waals surface area contributed by atoms with Gasteiger partial charge >= 0.3 is 0 Å². The highest BCUT2D eigenvalue weighted by Gasteiger charge is 2.16. The van der Waals surface area contributed by atoms with Gasteiger partial charge in [0.05, 0.1) is 24.0 Å². The van der Waals surface area contributed by atoms with E-state index in [0.717, 1.165) is 28.2 Å². The zero-order valence-corrected chi connectivity index (χ0v) is 20.3. The molecule has 0 aliphatic carbocycles. The zero-order valence-electron chi connectivity index (χ0n) is 20.3. The van der Waals surface area contributed by atoms with Crippen molar-refractivity contribution in [2.24, 2.45) is 0 Å². The molecule has 2 aromatic heterocycles. The van der Waals surface area contributed by atoms with Crippen LogP contribution in [0.15, 0.2) is 67.3 Å². The number of benzene rings is 2. The molecule has 0 fully saturated rings. The van der Waals surface area contributed by atoms with Crippen LogP contribution in [0.4, 0.5) is 0 Å². The molecule has 7 heteroatoms. The summed E-state index contributed by atoms with van der Waals surface area (Å²) in [5.41, 5.74) is 7.35. The van der Waals surface area contributed by atoms with Crippen molar-refractivity contribution in [3.63, 3.8) is 0 Å². The van der Waals surface area contributed by atoms with Gasteiger partial charge in [-0.05, 0) is 57.0 Å². The molecule has 174 valence electrons. The van der Waals surface area contributed by atoms with Crippen molar-refractivity contribution in [1.82, 2.24) is 29.4 Å². The number of hydrogen-bond donors (Lipinski definition) is 0. The van der Waals surface area contributed by atoms with Crippen LogP contribution in [0, 0.1) is 20.8 Å². The first kappa shape index (κ1) is 23.2. The summed E-state index contributed by atoms with van der Waals surface area (Å²) in [6, 6.07) is 16.4. The van der Waals surface area contributed by atoms with E-state index in [9.17, 15) is 4.79 Å². The zero-order chi connectivity index (χ0) is 24.2. The minimum Gasteiger partial charge on any atom is -0.335 e. The fourth-order valence-electron chi connectivity index (χ4n) is 3.91. The van der Waals surface area contributed by atoms with E-state index in [-0.39, 0.29) is 11.9 Å². The Labute approximate surface area is 200 Å². The normalized spacial score (nSPS) is 12.3. The standard InChI is InChI=1S/C27H30N6O/c1-19-6-8-23(9-7-19)16-32-22(4)26(20(2)30-32)14-15-27(34)31(5)21(3)24-10-12-25(13-11-24)33-18-28-17-29-33/h6-15,17-18,21H,16H2,1-5H3/b15-14+. The van der Waals surface area contributed by atoms with Crippen LogP contribution in [0.1, 0.15) is 46.6 Å². The molecule has 4 rings (SSSR count). The van der Waals surface area contributed by atoms with E-state index in [4.69, 9.17) is 5.10 Å². The number of aryl methyl sites for hydroxylation is 2. The van der Waals surface area contributed by atoms with E-state index in [1.807, 2.05) is 62.8 Å². The lowest BCUT2D eigenvalue weighted by atomic mass is 10.1. The smallest absolute Gasteiger partial charge is 0.246 e. The van der Waals surface area contributed by atoms with Crippen molar-refractivity contribution in [2.75, 3.05) is 7.05 Å². The van der Waals surface area contributed by atoms with E-state index >= 15 is 0 Å². The van der Waals surface area contributed by atoms with Crippen LogP contribution in [0.25, 0.3) is 11.8 Å². The predicted molar refractivity (Wildman–Crippen MR) is 134 cm³/mol. The van der Waals surface area contributed by atoms with Crippen molar-refractivity contribution in [3.8, 4) is 5.69 Å². The third-order valence-electron chi connectivity index (χ3n) is 6.27. The number of carbonyl (C=O) groups excluding carboxylic acids is 1. The lowest BCUT2D eigenvalue weighted by Gasteiger charge is -2.24. The van der Waals surface area contributed by atoms with Gasteiger partial charge in [0.1, 0.15) is 12.7 Å². The minimum absolute atomic E-state index is 0.0575. The molecule has 1 amide bonds. The number of nitrogens with zero attached hydrogens (tertiary/aromatic N) is 6. The number of aromatic nitrogens is 5. The summed E-state index contributed by atoms with van der Waals surface area (Å²) in [6.45, 7) is 8.83. The van der Waals surface area contributed by atoms with Gasteiger partial charge in [-0.3, -0.25) is 9.48 Å². The molecule has 0 aliphatic rings. The molecule has 7 nitrogen and oxygen atoms in total. The molecular weight excluding hydrogens is 424 g/mol. The lowest BCUT2D eigenvalue weighted by Crippen LogP contribution is -2.28. The summed E-state index contributed by atoms with van der Waals surface area (Å²) >= 11 is 0. The molecule has 4 aromatic rings. The Balaban J connectivity index is 1.44. The van der Waals surface area contributed by atoms with Crippen LogP contribution < -0.4 is 0 Å². The van der Waals surface area contributed by atoms with Gasteiger partial charge in [-0.2, -0.15) is 10.2 Å². The monoisotopic (exact) mass is 454 g/mol. The summed E-state index contributed by atoms with van der Waals surface area (Å²) in [7, 11) is 1.82. The van der Waals surface area contributed by atoms with E-state index in [0.29, 0.717) is 6.54 Å². The van der Waals surface area contributed by atoms with Gasteiger partial charge in [0.2, 0.25) is 5.91 Å². The quantitative estimate of drug-likeness (QED) is 0.381. The summed E-state index contributed by atoms with van der Waals surface area (Å²) in [5.74, 6) is -0.0575. The highest BCUT2D eigenvalue weighted by Crippen LogP contribution is 2.22. The van der Waals surface area contributed by atoms with Crippen molar-refractivity contribution in [1.29, 1.82) is 0 Å². The van der Waals surface area contributed by atoms with E-state index in [1.165, 1.54) is 17.5 Å². The van der Waals surface area contributed by atoms with E-state index < -0.39 is 0 Å². The third kappa shape index (κ3) is 4.98. The fraction of sp³-hybridized carbons (Fsp3) is 0.259. The molecule has 1 unspecified atom stereocenters. The molecule has 0 radical (unpaired) electrons. The van der Waals surface area contributed by atoms with Crippen LogP contribution in [0.5, 0.6) is 0 Å². The van der Waals surface area contributed by atoms with Gasteiger partial charge in [-0.25, -0.2) is 9.67 Å². The Hall–Kier alpha value is -4.00. The van der Waals surface area contributed by atoms with Gasteiger partial charge < -0.3 is 4.90 Å². The first-order valence-electron chi connectivity index (χ1n) is 11.3. The number of carbonyl (C=O) groups is 1. The number of rotatable bonds is 7. The first-order valence-corrected chi connectivity index (χ1v) is 11.3. The second-order valence-electron chi connectivity index (χ2n) is 8.62. The molecule has 0 spiro atoms. The SMILES string of the molecule is Cc1ccc(Cn2nc(C)c(/C=C/C(=O)N(C)C(C)c3ccc(-n4cncn4)cc3)c2C)cc1. The highest BCUT2D eigenvalue weighted by molar-refractivity contribution is 5.92. The molecule has 0 bridgehead atoms.